The maximum Gasteiger partial charge on any atom is 0.230 e. The average molecular weight is 387 g/mol. The summed E-state index contributed by atoms with van der Waals surface area (Å²) < 4.78 is 2.08. The van der Waals surface area contributed by atoms with Gasteiger partial charge in [-0.15, -0.1) is 10.2 Å². The fourth-order valence-corrected chi connectivity index (χ4v) is 4.66. The zero-order valence-electron chi connectivity index (χ0n) is 16.7. The van der Waals surface area contributed by atoms with Crippen molar-refractivity contribution in [2.45, 2.75) is 64.7 Å². The standard InChI is InChI=1S/C21H30N4OS/c1-5-25-20(17-10-6-8-14(2)12-17)23-24-21(25)27-13-19(26)22-18-11-7-9-15(3)16(18)4/h6,8,10,12,15-16,18H,5,7,9,11,13H2,1-4H3,(H,22,26). The Morgan fingerprint density at radius 2 is 2.11 bits per heavy atom. The summed E-state index contributed by atoms with van der Waals surface area (Å²) >= 11 is 1.47. The molecule has 146 valence electrons. The van der Waals surface area contributed by atoms with E-state index in [1.165, 1.54) is 30.2 Å². The highest BCUT2D eigenvalue weighted by Gasteiger charge is 2.28. The molecule has 5 nitrogen and oxygen atoms in total. The van der Waals surface area contributed by atoms with Gasteiger partial charge >= 0.3 is 0 Å². The quantitative estimate of drug-likeness (QED) is 0.752. The van der Waals surface area contributed by atoms with Crippen molar-refractivity contribution in [2.24, 2.45) is 11.8 Å². The number of thioether (sulfide) groups is 1. The van der Waals surface area contributed by atoms with E-state index in [0.717, 1.165) is 29.5 Å². The number of nitrogens with one attached hydrogen (secondary N) is 1. The van der Waals surface area contributed by atoms with Crippen LogP contribution in [0, 0.1) is 18.8 Å². The van der Waals surface area contributed by atoms with Gasteiger partial charge in [-0.1, -0.05) is 62.2 Å². The SMILES string of the molecule is CCn1c(SCC(=O)NC2CCCC(C)C2C)nnc1-c1cccc(C)c1. The molecule has 1 aromatic carbocycles. The number of benzene rings is 1. The van der Waals surface area contributed by atoms with E-state index < -0.39 is 0 Å². The molecule has 0 spiro atoms. The number of amides is 1. The molecule has 3 rings (SSSR count). The minimum Gasteiger partial charge on any atom is -0.352 e. The number of aryl methyl sites for hydroxylation is 1. The summed E-state index contributed by atoms with van der Waals surface area (Å²) in [5, 5.41) is 12.7. The maximum absolute atomic E-state index is 12.5. The normalized spacial score (nSPS) is 22.6. The topological polar surface area (TPSA) is 59.8 Å². The Kier molecular flexibility index (Phi) is 6.58. The van der Waals surface area contributed by atoms with Crippen molar-refractivity contribution < 1.29 is 4.79 Å². The Bertz CT molecular complexity index is 788. The van der Waals surface area contributed by atoms with Gasteiger partial charge in [0.25, 0.3) is 0 Å². The van der Waals surface area contributed by atoms with Gasteiger partial charge in [0.05, 0.1) is 5.75 Å². The summed E-state index contributed by atoms with van der Waals surface area (Å²) in [7, 11) is 0. The molecule has 3 unspecified atom stereocenters. The molecule has 1 N–H and O–H groups in total. The van der Waals surface area contributed by atoms with Gasteiger partial charge in [0.1, 0.15) is 0 Å². The zero-order chi connectivity index (χ0) is 19.4. The molecule has 1 aliphatic carbocycles. The predicted molar refractivity (Wildman–Crippen MR) is 111 cm³/mol. The van der Waals surface area contributed by atoms with Crippen LogP contribution in [-0.4, -0.2) is 32.5 Å². The Morgan fingerprint density at radius 1 is 1.30 bits per heavy atom. The molecule has 1 heterocycles. The molecule has 0 radical (unpaired) electrons. The number of aromatic nitrogens is 3. The van der Waals surface area contributed by atoms with Crippen LogP contribution < -0.4 is 5.32 Å². The highest BCUT2D eigenvalue weighted by molar-refractivity contribution is 7.99. The van der Waals surface area contributed by atoms with Crippen LogP contribution >= 0.6 is 11.8 Å². The molecule has 6 heteroatoms. The van der Waals surface area contributed by atoms with Crippen molar-refractivity contribution in [1.29, 1.82) is 0 Å². The maximum atomic E-state index is 12.5. The van der Waals surface area contributed by atoms with Crippen molar-refractivity contribution in [2.75, 3.05) is 5.75 Å². The van der Waals surface area contributed by atoms with Gasteiger partial charge in [-0.2, -0.15) is 0 Å². The minimum atomic E-state index is 0.0914. The summed E-state index contributed by atoms with van der Waals surface area (Å²) in [6.07, 6.45) is 3.56. The van der Waals surface area contributed by atoms with Crippen molar-refractivity contribution in [3.05, 3.63) is 29.8 Å². The van der Waals surface area contributed by atoms with Gasteiger partial charge in [-0.25, -0.2) is 0 Å². The van der Waals surface area contributed by atoms with Crippen LogP contribution in [0.25, 0.3) is 11.4 Å². The fourth-order valence-electron chi connectivity index (χ4n) is 3.84. The molecule has 27 heavy (non-hydrogen) atoms. The molecule has 0 aliphatic heterocycles. The van der Waals surface area contributed by atoms with Gasteiger partial charge in [0.15, 0.2) is 11.0 Å². The highest BCUT2D eigenvalue weighted by Crippen LogP contribution is 2.30. The van der Waals surface area contributed by atoms with Gasteiger partial charge in [-0.05, 0) is 38.2 Å². The van der Waals surface area contributed by atoms with E-state index in [-0.39, 0.29) is 5.91 Å². The fraction of sp³-hybridized carbons (Fsp3) is 0.571. The lowest BCUT2D eigenvalue weighted by molar-refractivity contribution is -0.120. The Hall–Kier alpha value is -1.82. The van der Waals surface area contributed by atoms with Crippen LogP contribution in [0.5, 0.6) is 0 Å². The van der Waals surface area contributed by atoms with E-state index in [1.807, 2.05) is 6.07 Å². The predicted octanol–water partition coefficient (Wildman–Crippen LogP) is 4.31. The Labute approximate surface area is 166 Å². The molecule has 1 aromatic heterocycles. The third-order valence-corrected chi connectivity index (χ3v) is 6.66. The van der Waals surface area contributed by atoms with Crippen LogP contribution in [-0.2, 0) is 11.3 Å². The average Bonchev–Trinajstić information content (AvgIpc) is 3.07. The molecule has 0 bridgehead atoms. The van der Waals surface area contributed by atoms with Crippen LogP contribution in [0.3, 0.4) is 0 Å². The molecule has 3 atom stereocenters. The molecule has 1 fully saturated rings. The second kappa shape index (κ2) is 8.91. The minimum absolute atomic E-state index is 0.0914. The lowest BCUT2D eigenvalue weighted by Crippen LogP contribution is -2.44. The van der Waals surface area contributed by atoms with Crippen molar-refractivity contribution in [1.82, 2.24) is 20.1 Å². The second-order valence-electron chi connectivity index (χ2n) is 7.65. The molecule has 1 aliphatic rings. The number of carbonyl (C=O) groups is 1. The van der Waals surface area contributed by atoms with Gasteiger partial charge in [-0.3, -0.25) is 4.79 Å². The van der Waals surface area contributed by atoms with E-state index >= 15 is 0 Å². The van der Waals surface area contributed by atoms with Gasteiger partial charge < -0.3 is 9.88 Å². The molecular formula is C21H30N4OS. The first-order valence-corrected chi connectivity index (χ1v) is 10.9. The number of carbonyl (C=O) groups excluding carboxylic acids is 1. The Morgan fingerprint density at radius 3 is 2.85 bits per heavy atom. The van der Waals surface area contributed by atoms with Crippen molar-refractivity contribution in [3.8, 4) is 11.4 Å². The lowest BCUT2D eigenvalue weighted by Gasteiger charge is -2.34. The zero-order valence-corrected chi connectivity index (χ0v) is 17.6. The van der Waals surface area contributed by atoms with Crippen LogP contribution in [0.2, 0.25) is 0 Å². The van der Waals surface area contributed by atoms with Gasteiger partial charge in [0.2, 0.25) is 5.91 Å². The number of nitrogens with zero attached hydrogens (tertiary/aromatic N) is 3. The van der Waals surface area contributed by atoms with Crippen molar-refractivity contribution in [3.63, 3.8) is 0 Å². The van der Waals surface area contributed by atoms with Crippen LogP contribution in [0.1, 0.15) is 45.6 Å². The van der Waals surface area contributed by atoms with E-state index in [4.69, 9.17) is 0 Å². The third kappa shape index (κ3) is 4.72. The van der Waals surface area contributed by atoms with E-state index in [0.29, 0.717) is 23.6 Å². The number of rotatable bonds is 6. The summed E-state index contributed by atoms with van der Waals surface area (Å²) in [4.78, 5) is 12.5. The molecule has 2 aromatic rings. The van der Waals surface area contributed by atoms with E-state index in [1.54, 1.807) is 0 Å². The van der Waals surface area contributed by atoms with E-state index in [9.17, 15) is 4.79 Å². The van der Waals surface area contributed by atoms with Crippen LogP contribution in [0.4, 0.5) is 0 Å². The summed E-state index contributed by atoms with van der Waals surface area (Å²) in [5.41, 5.74) is 2.26. The van der Waals surface area contributed by atoms with E-state index in [2.05, 4.69) is 66.0 Å². The first-order valence-electron chi connectivity index (χ1n) is 9.92. The second-order valence-corrected chi connectivity index (χ2v) is 8.59. The summed E-state index contributed by atoms with van der Waals surface area (Å²) in [6.45, 7) is 9.47. The summed E-state index contributed by atoms with van der Waals surface area (Å²) in [6, 6.07) is 8.57. The monoisotopic (exact) mass is 386 g/mol. The highest BCUT2D eigenvalue weighted by atomic mass is 32.2. The third-order valence-electron chi connectivity index (χ3n) is 5.69. The largest absolute Gasteiger partial charge is 0.352 e. The summed E-state index contributed by atoms with van der Waals surface area (Å²) in [5.74, 6) is 2.55. The smallest absolute Gasteiger partial charge is 0.230 e. The van der Waals surface area contributed by atoms with Crippen molar-refractivity contribution >= 4 is 17.7 Å². The van der Waals surface area contributed by atoms with Gasteiger partial charge in [0, 0.05) is 18.2 Å². The molecule has 1 amide bonds. The molecular weight excluding hydrogens is 356 g/mol. The first kappa shape index (κ1) is 19.9. The number of hydrogen-bond acceptors (Lipinski definition) is 4. The first-order chi connectivity index (χ1) is 13.0. The molecule has 0 saturated heterocycles. The lowest BCUT2D eigenvalue weighted by atomic mass is 9.78. The number of hydrogen-bond donors (Lipinski definition) is 1. The van der Waals surface area contributed by atoms with Crippen LogP contribution in [0.15, 0.2) is 29.4 Å². The molecule has 1 saturated carbocycles. The Balaban J connectivity index is 1.63.